The predicted octanol–water partition coefficient (Wildman–Crippen LogP) is 2.73. The normalized spacial score (nSPS) is 29.5. The number of anilines is 1. The van der Waals surface area contributed by atoms with Gasteiger partial charge in [0.15, 0.2) is 5.96 Å². The topological polar surface area (TPSA) is 54.1 Å². The second-order valence-corrected chi connectivity index (χ2v) is 7.79. The molecule has 0 radical (unpaired) electrons. The third-order valence-electron chi connectivity index (χ3n) is 5.80. The molecule has 1 aromatic carbocycles. The molecule has 0 amide bonds. The minimum Gasteiger partial charge on any atom is -0.375 e. The molecule has 2 bridgehead atoms. The zero-order valence-electron chi connectivity index (χ0n) is 14.6. The minimum absolute atomic E-state index is 0.490. The van der Waals surface area contributed by atoms with Gasteiger partial charge in [0.25, 0.3) is 0 Å². The van der Waals surface area contributed by atoms with Gasteiger partial charge >= 0.3 is 0 Å². The minimum atomic E-state index is 0.490. The van der Waals surface area contributed by atoms with Crippen molar-refractivity contribution < 1.29 is 4.74 Å². The molecule has 1 aromatic rings. The highest BCUT2D eigenvalue weighted by Crippen LogP contribution is 2.40. The molecule has 3 aliphatic heterocycles. The summed E-state index contributed by atoms with van der Waals surface area (Å²) in [4.78, 5) is 9.20. The Morgan fingerprint density at radius 2 is 1.92 bits per heavy atom. The molecule has 3 atom stereocenters. The molecule has 3 unspecified atom stereocenters. The van der Waals surface area contributed by atoms with Crippen LogP contribution in [0.25, 0.3) is 0 Å². The standard InChI is InChI=1S/C19H27ClN4O/c20-15-1-3-16(4-2-15)23-9-11-24(12-10-23)19(21)22-8-7-14-13-17-5-6-18(14)25-17/h1-4,14,17-18H,5-13H2,(H2,21,22). The number of fused-ring (bicyclic) bond motifs is 2. The van der Waals surface area contributed by atoms with E-state index < -0.39 is 0 Å². The molecule has 25 heavy (non-hydrogen) atoms. The molecule has 136 valence electrons. The zero-order valence-corrected chi connectivity index (χ0v) is 15.4. The number of nitrogens with two attached hydrogens (primary N) is 1. The molecular formula is C19H27ClN4O. The van der Waals surface area contributed by atoms with Gasteiger partial charge in [-0.3, -0.25) is 4.99 Å². The van der Waals surface area contributed by atoms with E-state index in [-0.39, 0.29) is 0 Å². The van der Waals surface area contributed by atoms with Gasteiger partial charge in [-0.2, -0.15) is 0 Å². The third-order valence-corrected chi connectivity index (χ3v) is 6.05. The first-order chi connectivity index (χ1) is 12.2. The van der Waals surface area contributed by atoms with Crippen LogP contribution in [0.2, 0.25) is 5.02 Å². The van der Waals surface area contributed by atoms with Gasteiger partial charge in [-0.1, -0.05) is 11.6 Å². The maximum absolute atomic E-state index is 6.22. The van der Waals surface area contributed by atoms with Gasteiger partial charge in [-0.25, -0.2) is 0 Å². The Morgan fingerprint density at radius 3 is 2.56 bits per heavy atom. The third kappa shape index (κ3) is 3.87. The van der Waals surface area contributed by atoms with Crippen LogP contribution in [0.5, 0.6) is 0 Å². The maximum Gasteiger partial charge on any atom is 0.191 e. The molecule has 2 N–H and O–H groups in total. The van der Waals surface area contributed by atoms with Gasteiger partial charge in [-0.15, -0.1) is 0 Å². The first kappa shape index (κ1) is 17.0. The van der Waals surface area contributed by atoms with E-state index in [9.17, 15) is 0 Å². The SMILES string of the molecule is NC(=NCCC1CC2CCC1O2)N1CCN(c2ccc(Cl)cc2)CC1. The van der Waals surface area contributed by atoms with Crippen LogP contribution in [0.1, 0.15) is 25.7 Å². The number of benzene rings is 1. The van der Waals surface area contributed by atoms with Gasteiger partial charge < -0.3 is 20.3 Å². The molecule has 0 aromatic heterocycles. The Labute approximate surface area is 154 Å². The lowest BCUT2D eigenvalue weighted by Crippen LogP contribution is -2.51. The number of ether oxygens (including phenoxy) is 1. The molecule has 0 spiro atoms. The van der Waals surface area contributed by atoms with Crippen LogP contribution in [0, 0.1) is 5.92 Å². The first-order valence-electron chi connectivity index (χ1n) is 9.40. The van der Waals surface area contributed by atoms with E-state index in [1.807, 2.05) is 12.1 Å². The quantitative estimate of drug-likeness (QED) is 0.661. The van der Waals surface area contributed by atoms with Gasteiger partial charge in [0.05, 0.1) is 12.2 Å². The van der Waals surface area contributed by atoms with E-state index >= 15 is 0 Å². The van der Waals surface area contributed by atoms with E-state index in [0.29, 0.717) is 24.1 Å². The van der Waals surface area contributed by atoms with E-state index in [2.05, 4.69) is 26.9 Å². The summed E-state index contributed by atoms with van der Waals surface area (Å²) in [6.07, 6.45) is 5.83. The van der Waals surface area contributed by atoms with Crippen molar-refractivity contribution in [2.45, 2.75) is 37.9 Å². The summed E-state index contributed by atoms with van der Waals surface area (Å²) in [5, 5.41) is 0.777. The Balaban J connectivity index is 1.23. The van der Waals surface area contributed by atoms with E-state index in [4.69, 9.17) is 22.1 Å². The Bertz CT molecular complexity index is 612. The molecule has 0 aliphatic carbocycles. The number of guanidine groups is 1. The molecule has 3 fully saturated rings. The molecule has 3 saturated heterocycles. The second-order valence-electron chi connectivity index (χ2n) is 7.35. The molecule has 4 rings (SSSR count). The highest BCUT2D eigenvalue weighted by Gasteiger charge is 2.40. The molecule has 0 saturated carbocycles. The van der Waals surface area contributed by atoms with Crippen LogP contribution in [-0.2, 0) is 4.74 Å². The lowest BCUT2D eigenvalue weighted by atomic mass is 9.87. The van der Waals surface area contributed by atoms with Crippen molar-refractivity contribution in [3.63, 3.8) is 0 Å². The Morgan fingerprint density at radius 1 is 1.16 bits per heavy atom. The highest BCUT2D eigenvalue weighted by molar-refractivity contribution is 6.30. The largest absolute Gasteiger partial charge is 0.375 e. The van der Waals surface area contributed by atoms with Crippen LogP contribution in [-0.4, -0.2) is 55.8 Å². The summed E-state index contributed by atoms with van der Waals surface area (Å²) in [6, 6.07) is 8.04. The van der Waals surface area contributed by atoms with Gasteiger partial charge in [0, 0.05) is 43.4 Å². The van der Waals surface area contributed by atoms with Crippen molar-refractivity contribution in [2.24, 2.45) is 16.6 Å². The molecule has 3 aliphatic rings. The van der Waals surface area contributed by atoms with Crippen molar-refractivity contribution in [2.75, 3.05) is 37.6 Å². The van der Waals surface area contributed by atoms with E-state index in [0.717, 1.165) is 44.2 Å². The number of hydrogen-bond donors (Lipinski definition) is 1. The predicted molar refractivity (Wildman–Crippen MR) is 102 cm³/mol. The Kier molecular flexibility index (Phi) is 5.04. The number of rotatable bonds is 4. The fourth-order valence-corrected chi connectivity index (χ4v) is 4.46. The van der Waals surface area contributed by atoms with E-state index in [1.165, 1.54) is 24.9 Å². The zero-order chi connectivity index (χ0) is 17.2. The fraction of sp³-hybridized carbons (Fsp3) is 0.632. The van der Waals surface area contributed by atoms with Crippen molar-refractivity contribution in [1.29, 1.82) is 0 Å². The van der Waals surface area contributed by atoms with Crippen LogP contribution in [0.3, 0.4) is 0 Å². The van der Waals surface area contributed by atoms with Gasteiger partial charge in [-0.05, 0) is 55.9 Å². The summed E-state index contributed by atoms with van der Waals surface area (Å²) < 4.78 is 5.92. The number of nitrogens with zero attached hydrogens (tertiary/aromatic N) is 3. The van der Waals surface area contributed by atoms with Gasteiger partial charge in [0.2, 0.25) is 0 Å². The number of aliphatic imine (C=N–C) groups is 1. The molecular weight excluding hydrogens is 336 g/mol. The monoisotopic (exact) mass is 362 g/mol. The smallest absolute Gasteiger partial charge is 0.191 e. The lowest BCUT2D eigenvalue weighted by Gasteiger charge is -2.36. The fourth-order valence-electron chi connectivity index (χ4n) is 4.34. The maximum atomic E-state index is 6.22. The van der Waals surface area contributed by atoms with E-state index in [1.54, 1.807) is 0 Å². The average Bonchev–Trinajstić information content (AvgIpc) is 3.26. The molecule has 6 heteroatoms. The second kappa shape index (κ2) is 7.42. The summed E-state index contributed by atoms with van der Waals surface area (Å²) in [5.74, 6) is 1.39. The summed E-state index contributed by atoms with van der Waals surface area (Å²) in [7, 11) is 0. The van der Waals surface area contributed by atoms with Crippen molar-refractivity contribution in [3.8, 4) is 0 Å². The summed E-state index contributed by atoms with van der Waals surface area (Å²) in [6.45, 7) is 4.56. The average molecular weight is 363 g/mol. The van der Waals surface area contributed by atoms with Crippen molar-refractivity contribution in [3.05, 3.63) is 29.3 Å². The number of halogens is 1. The Hall–Kier alpha value is -1.46. The molecule has 3 heterocycles. The van der Waals surface area contributed by atoms with Crippen LogP contribution < -0.4 is 10.6 Å². The highest BCUT2D eigenvalue weighted by atomic mass is 35.5. The van der Waals surface area contributed by atoms with Crippen LogP contribution >= 0.6 is 11.6 Å². The van der Waals surface area contributed by atoms with Gasteiger partial charge in [0.1, 0.15) is 0 Å². The lowest BCUT2D eigenvalue weighted by molar-refractivity contribution is 0.0916. The van der Waals surface area contributed by atoms with Crippen LogP contribution in [0.4, 0.5) is 5.69 Å². The van der Waals surface area contributed by atoms with Crippen molar-refractivity contribution in [1.82, 2.24) is 4.90 Å². The molecule has 5 nitrogen and oxygen atoms in total. The summed E-state index contributed by atoms with van der Waals surface area (Å²) >= 11 is 5.96. The van der Waals surface area contributed by atoms with Crippen LogP contribution in [0.15, 0.2) is 29.3 Å². The number of piperazine rings is 1. The van der Waals surface area contributed by atoms with Crippen molar-refractivity contribution >= 4 is 23.2 Å². The summed E-state index contributed by atoms with van der Waals surface area (Å²) in [5.41, 5.74) is 7.44. The number of hydrogen-bond acceptors (Lipinski definition) is 3. The first-order valence-corrected chi connectivity index (χ1v) is 9.77.